The van der Waals surface area contributed by atoms with E-state index in [1.807, 2.05) is 32.6 Å². The van der Waals surface area contributed by atoms with Gasteiger partial charge in [-0.15, -0.1) is 0 Å². The highest BCUT2D eigenvalue weighted by Crippen LogP contribution is 2.06. The number of carbonyl (C=O) groups is 2. The van der Waals surface area contributed by atoms with Gasteiger partial charge in [0.1, 0.15) is 5.60 Å². The second-order valence-corrected chi connectivity index (χ2v) is 6.48. The van der Waals surface area contributed by atoms with Crippen molar-refractivity contribution in [3.05, 3.63) is 0 Å². The predicted molar refractivity (Wildman–Crippen MR) is 83.7 cm³/mol. The molecule has 1 saturated heterocycles. The van der Waals surface area contributed by atoms with Crippen LogP contribution >= 0.6 is 0 Å². The summed E-state index contributed by atoms with van der Waals surface area (Å²) in [5.41, 5.74) is -0.495. The third kappa shape index (κ3) is 8.19. The standard InChI is InChI=1S/C15H29N3O4/c1-12(11-17-14(20)22-15(2,3)4)16-6-5-13(19)18-7-9-21-10-8-18/h12,16H,5-11H2,1-4H3,(H,17,20). The summed E-state index contributed by atoms with van der Waals surface area (Å²) in [6, 6.07) is 0.0741. The molecule has 22 heavy (non-hydrogen) atoms. The number of hydrogen-bond acceptors (Lipinski definition) is 5. The Morgan fingerprint density at radius 3 is 2.50 bits per heavy atom. The largest absolute Gasteiger partial charge is 0.444 e. The van der Waals surface area contributed by atoms with Crippen LogP contribution in [-0.4, -0.2) is 67.9 Å². The monoisotopic (exact) mass is 315 g/mol. The highest BCUT2D eigenvalue weighted by Gasteiger charge is 2.18. The molecule has 0 aromatic rings. The number of carbonyl (C=O) groups excluding carboxylic acids is 2. The molecule has 0 aromatic carbocycles. The zero-order valence-corrected chi connectivity index (χ0v) is 14.1. The Kier molecular flexibility index (Phi) is 7.61. The highest BCUT2D eigenvalue weighted by atomic mass is 16.6. The second-order valence-electron chi connectivity index (χ2n) is 6.48. The van der Waals surface area contributed by atoms with Crippen molar-refractivity contribution in [3.63, 3.8) is 0 Å². The van der Waals surface area contributed by atoms with Crippen molar-refractivity contribution in [1.29, 1.82) is 0 Å². The Morgan fingerprint density at radius 2 is 1.91 bits per heavy atom. The van der Waals surface area contributed by atoms with Gasteiger partial charge < -0.3 is 25.0 Å². The minimum absolute atomic E-state index is 0.0741. The van der Waals surface area contributed by atoms with E-state index in [9.17, 15) is 9.59 Å². The van der Waals surface area contributed by atoms with Gasteiger partial charge in [-0.2, -0.15) is 0 Å². The van der Waals surface area contributed by atoms with Crippen molar-refractivity contribution in [2.45, 2.75) is 45.8 Å². The van der Waals surface area contributed by atoms with E-state index in [1.165, 1.54) is 0 Å². The van der Waals surface area contributed by atoms with Gasteiger partial charge in [-0.3, -0.25) is 4.79 Å². The summed E-state index contributed by atoms with van der Waals surface area (Å²) < 4.78 is 10.4. The lowest BCUT2D eigenvalue weighted by Crippen LogP contribution is -2.44. The third-order valence-corrected chi connectivity index (χ3v) is 3.15. The fraction of sp³-hybridized carbons (Fsp3) is 0.867. The molecule has 128 valence electrons. The van der Waals surface area contributed by atoms with Crippen LogP contribution in [0.25, 0.3) is 0 Å². The number of amides is 2. The molecule has 0 spiro atoms. The van der Waals surface area contributed by atoms with E-state index in [0.29, 0.717) is 45.8 Å². The summed E-state index contributed by atoms with van der Waals surface area (Å²) in [6.07, 6.45) is 0.0297. The van der Waals surface area contributed by atoms with Gasteiger partial charge in [-0.05, 0) is 27.7 Å². The van der Waals surface area contributed by atoms with Crippen LogP contribution in [0.15, 0.2) is 0 Å². The fourth-order valence-electron chi connectivity index (χ4n) is 2.02. The Bertz CT molecular complexity index is 362. The van der Waals surface area contributed by atoms with Gasteiger partial charge >= 0.3 is 6.09 Å². The van der Waals surface area contributed by atoms with Gasteiger partial charge in [0.15, 0.2) is 0 Å². The van der Waals surface area contributed by atoms with Crippen molar-refractivity contribution in [3.8, 4) is 0 Å². The number of morpholine rings is 1. The first-order valence-electron chi connectivity index (χ1n) is 7.83. The summed E-state index contributed by atoms with van der Waals surface area (Å²) in [4.78, 5) is 25.3. The average molecular weight is 315 g/mol. The molecule has 0 bridgehead atoms. The zero-order valence-electron chi connectivity index (χ0n) is 14.1. The van der Waals surface area contributed by atoms with Crippen molar-refractivity contribution in [2.75, 3.05) is 39.4 Å². The molecule has 0 aliphatic carbocycles. The van der Waals surface area contributed by atoms with Gasteiger partial charge in [0, 0.05) is 38.6 Å². The maximum Gasteiger partial charge on any atom is 0.407 e. The van der Waals surface area contributed by atoms with Gasteiger partial charge in [0.05, 0.1) is 13.2 Å². The maximum atomic E-state index is 11.9. The van der Waals surface area contributed by atoms with Crippen molar-refractivity contribution >= 4 is 12.0 Å². The van der Waals surface area contributed by atoms with Crippen LogP contribution in [0.2, 0.25) is 0 Å². The predicted octanol–water partition coefficient (Wildman–Crippen LogP) is 0.738. The first kappa shape index (κ1) is 18.7. The Labute approximate surface area is 132 Å². The molecule has 1 unspecified atom stereocenters. The van der Waals surface area contributed by atoms with Gasteiger partial charge in [-0.25, -0.2) is 4.79 Å². The second kappa shape index (κ2) is 8.95. The molecular weight excluding hydrogens is 286 g/mol. The Morgan fingerprint density at radius 1 is 1.27 bits per heavy atom. The first-order chi connectivity index (χ1) is 10.3. The summed E-state index contributed by atoms with van der Waals surface area (Å²) in [5.74, 6) is 0.142. The summed E-state index contributed by atoms with van der Waals surface area (Å²) >= 11 is 0. The van der Waals surface area contributed by atoms with Crippen LogP contribution in [0.5, 0.6) is 0 Å². The van der Waals surface area contributed by atoms with Crippen LogP contribution in [-0.2, 0) is 14.3 Å². The SMILES string of the molecule is CC(CNC(=O)OC(C)(C)C)NCCC(=O)N1CCOCC1. The van der Waals surface area contributed by atoms with E-state index < -0.39 is 11.7 Å². The summed E-state index contributed by atoms with van der Waals surface area (Å²) in [5, 5.41) is 5.93. The lowest BCUT2D eigenvalue weighted by molar-refractivity contribution is -0.135. The smallest absolute Gasteiger partial charge is 0.407 e. The highest BCUT2D eigenvalue weighted by molar-refractivity contribution is 5.76. The maximum absolute atomic E-state index is 11.9. The molecule has 1 aliphatic heterocycles. The van der Waals surface area contributed by atoms with Gasteiger partial charge in [-0.1, -0.05) is 0 Å². The minimum atomic E-state index is -0.495. The zero-order chi connectivity index (χ0) is 16.6. The molecule has 2 N–H and O–H groups in total. The van der Waals surface area contributed by atoms with Crippen LogP contribution in [0.1, 0.15) is 34.1 Å². The number of nitrogens with zero attached hydrogens (tertiary/aromatic N) is 1. The molecule has 2 amide bonds. The molecule has 1 aliphatic rings. The van der Waals surface area contributed by atoms with E-state index in [-0.39, 0.29) is 11.9 Å². The van der Waals surface area contributed by atoms with Crippen LogP contribution in [0, 0.1) is 0 Å². The van der Waals surface area contributed by atoms with Crippen molar-refractivity contribution < 1.29 is 19.1 Å². The molecule has 0 radical (unpaired) electrons. The van der Waals surface area contributed by atoms with E-state index in [2.05, 4.69) is 10.6 Å². The lowest BCUT2D eigenvalue weighted by Gasteiger charge is -2.27. The van der Waals surface area contributed by atoms with Gasteiger partial charge in [0.2, 0.25) is 5.91 Å². The van der Waals surface area contributed by atoms with E-state index >= 15 is 0 Å². The fourth-order valence-corrected chi connectivity index (χ4v) is 2.02. The molecule has 7 nitrogen and oxygen atoms in total. The molecule has 1 rings (SSSR count). The van der Waals surface area contributed by atoms with E-state index in [4.69, 9.17) is 9.47 Å². The molecule has 7 heteroatoms. The minimum Gasteiger partial charge on any atom is -0.444 e. The third-order valence-electron chi connectivity index (χ3n) is 3.15. The van der Waals surface area contributed by atoms with Crippen LogP contribution in [0.3, 0.4) is 0 Å². The molecule has 0 saturated carbocycles. The number of alkyl carbamates (subject to hydrolysis) is 1. The molecule has 1 atom stereocenters. The summed E-state index contributed by atoms with van der Waals surface area (Å²) in [6.45, 7) is 11.1. The van der Waals surface area contributed by atoms with Gasteiger partial charge in [0.25, 0.3) is 0 Å². The molecule has 1 heterocycles. The molecule has 0 aromatic heterocycles. The quantitative estimate of drug-likeness (QED) is 0.756. The van der Waals surface area contributed by atoms with Crippen LogP contribution in [0.4, 0.5) is 4.79 Å². The molecule has 1 fully saturated rings. The first-order valence-corrected chi connectivity index (χ1v) is 7.83. The number of hydrogen-bond donors (Lipinski definition) is 2. The Hall–Kier alpha value is -1.34. The normalized spacial score (nSPS) is 17.0. The lowest BCUT2D eigenvalue weighted by atomic mass is 10.2. The number of nitrogens with one attached hydrogen (secondary N) is 2. The van der Waals surface area contributed by atoms with Crippen molar-refractivity contribution in [2.24, 2.45) is 0 Å². The summed E-state index contributed by atoms with van der Waals surface area (Å²) in [7, 11) is 0. The molecular formula is C15H29N3O4. The number of ether oxygens (including phenoxy) is 2. The number of rotatable bonds is 6. The topological polar surface area (TPSA) is 79.9 Å². The van der Waals surface area contributed by atoms with Crippen LogP contribution < -0.4 is 10.6 Å². The van der Waals surface area contributed by atoms with E-state index in [1.54, 1.807) is 0 Å². The van der Waals surface area contributed by atoms with Crippen molar-refractivity contribution in [1.82, 2.24) is 15.5 Å². The van der Waals surface area contributed by atoms with E-state index in [0.717, 1.165) is 0 Å². The Balaban J connectivity index is 2.11. The average Bonchev–Trinajstić information content (AvgIpc) is 2.44.